The minimum atomic E-state index is -0.122. The standard InChI is InChI=1S/C60H55BN2OS2/c1-57(2,3)34-19-23-36(24-20-34)62-47-31-41-38-15-11-13-17-48(38)64-55(41)52-42-29-40-39-16-12-14-18-49(39)65-51(40)33-46(42)63(37-25-21-35(22-26-37)58(4,5)6)61(53(47)52)56-54(62)43-30-44-45(32-50(43)66-56)60(9,10)28-27-59(44,7)8/h11-26,29-33H,27-28H2,1-10H3. The van der Waals surface area contributed by atoms with Gasteiger partial charge in [0.2, 0.25) is 0 Å². The van der Waals surface area contributed by atoms with Crippen LogP contribution in [-0.4, -0.2) is 6.85 Å². The Labute approximate surface area is 396 Å². The monoisotopic (exact) mass is 894 g/mol. The molecule has 3 aliphatic rings. The molecule has 0 spiro atoms. The summed E-state index contributed by atoms with van der Waals surface area (Å²) in [6.45, 7) is 23.6. The van der Waals surface area contributed by atoms with Gasteiger partial charge in [-0.2, -0.15) is 0 Å². The van der Waals surface area contributed by atoms with Crippen molar-refractivity contribution in [2.45, 2.75) is 104 Å². The molecule has 3 aromatic heterocycles. The molecular formula is C60H55BN2OS2. The minimum Gasteiger partial charge on any atom is -0.455 e. The number of benzene rings is 7. The van der Waals surface area contributed by atoms with Crippen molar-refractivity contribution < 1.29 is 4.42 Å². The lowest BCUT2D eigenvalue weighted by Gasteiger charge is -2.45. The van der Waals surface area contributed by atoms with E-state index in [-0.39, 0.29) is 28.5 Å². The quantitative estimate of drug-likeness (QED) is 0.161. The van der Waals surface area contributed by atoms with Gasteiger partial charge in [0.05, 0.1) is 5.69 Å². The predicted molar refractivity (Wildman–Crippen MR) is 288 cm³/mol. The molecule has 0 atom stereocenters. The zero-order valence-electron chi connectivity index (χ0n) is 39.7. The number of hydrogen-bond acceptors (Lipinski definition) is 5. The number of nitrogens with zero attached hydrogens (tertiary/aromatic N) is 2. The minimum absolute atomic E-state index is 0.0287. The van der Waals surface area contributed by atoms with Crippen molar-refractivity contribution in [3.63, 3.8) is 0 Å². The Bertz CT molecular complexity index is 3680. The second-order valence-electron chi connectivity index (χ2n) is 22.8. The fourth-order valence-corrected chi connectivity index (χ4v) is 14.2. The third kappa shape index (κ3) is 5.67. The summed E-state index contributed by atoms with van der Waals surface area (Å²) in [6, 6.07) is 49.2. The van der Waals surface area contributed by atoms with Crippen molar-refractivity contribution in [1.29, 1.82) is 0 Å². The van der Waals surface area contributed by atoms with Gasteiger partial charge in [0.1, 0.15) is 11.2 Å². The van der Waals surface area contributed by atoms with Gasteiger partial charge in [-0.25, -0.2) is 0 Å². The van der Waals surface area contributed by atoms with Crippen molar-refractivity contribution in [2.24, 2.45) is 0 Å². The van der Waals surface area contributed by atoms with Crippen molar-refractivity contribution in [1.82, 2.24) is 0 Å². The molecule has 0 N–H and O–H groups in total. The lowest BCUT2D eigenvalue weighted by molar-refractivity contribution is 0.332. The normalized spacial score (nSPS) is 16.4. The SMILES string of the molecule is CC(C)(C)c1ccc(N2B3c4sc5cc6c(cc5c4N(c4ccc(C(C)(C)C)cc4)c4cc5c(oc7ccccc75)c(c43)-c3cc4c(cc32)sc2ccccc24)C(C)(C)CCC6(C)C)cc1. The van der Waals surface area contributed by atoms with Crippen molar-refractivity contribution in [2.75, 3.05) is 9.71 Å². The Morgan fingerprint density at radius 3 is 1.83 bits per heavy atom. The fraction of sp³-hybridized carbons (Fsp3) is 0.267. The van der Waals surface area contributed by atoms with Crippen LogP contribution >= 0.6 is 22.7 Å². The average molecular weight is 895 g/mol. The Morgan fingerprint density at radius 1 is 0.545 bits per heavy atom. The van der Waals surface area contributed by atoms with Crippen LogP contribution in [0.15, 0.2) is 132 Å². The van der Waals surface area contributed by atoms with Crippen molar-refractivity contribution in [3.05, 3.63) is 150 Å². The summed E-state index contributed by atoms with van der Waals surface area (Å²) in [4.78, 5) is 5.35. The predicted octanol–water partition coefficient (Wildman–Crippen LogP) is 16.8. The van der Waals surface area contributed by atoms with E-state index in [1.165, 1.54) is 115 Å². The molecule has 0 radical (unpaired) electrons. The first-order chi connectivity index (χ1) is 31.5. The molecule has 10 aromatic rings. The molecule has 326 valence electrons. The molecule has 0 fully saturated rings. The molecule has 6 heteroatoms. The highest BCUT2D eigenvalue weighted by atomic mass is 32.1. The first-order valence-corrected chi connectivity index (χ1v) is 25.5. The second kappa shape index (κ2) is 13.4. The first kappa shape index (κ1) is 40.5. The number of para-hydroxylation sites is 1. The molecular weight excluding hydrogens is 840 g/mol. The van der Waals surface area contributed by atoms with Crippen LogP contribution in [0.2, 0.25) is 0 Å². The van der Waals surface area contributed by atoms with E-state index in [0.29, 0.717) is 0 Å². The highest BCUT2D eigenvalue weighted by Crippen LogP contribution is 2.56. The van der Waals surface area contributed by atoms with Gasteiger partial charge in [-0.3, -0.25) is 0 Å². The lowest BCUT2D eigenvalue weighted by atomic mass is 9.46. The number of fused-ring (bicyclic) bond motifs is 14. The Hall–Kier alpha value is -5.82. The zero-order valence-corrected chi connectivity index (χ0v) is 41.4. The molecule has 5 heterocycles. The van der Waals surface area contributed by atoms with E-state index < -0.39 is 0 Å². The molecule has 3 nitrogen and oxygen atoms in total. The van der Waals surface area contributed by atoms with E-state index in [0.717, 1.165) is 21.9 Å². The smallest absolute Gasteiger partial charge is 0.343 e. The van der Waals surface area contributed by atoms with Gasteiger partial charge in [-0.1, -0.05) is 130 Å². The van der Waals surface area contributed by atoms with Crippen molar-refractivity contribution >= 4 is 120 Å². The van der Waals surface area contributed by atoms with E-state index >= 15 is 0 Å². The highest BCUT2D eigenvalue weighted by molar-refractivity contribution is 7.32. The van der Waals surface area contributed by atoms with E-state index in [1.807, 2.05) is 22.7 Å². The number of anilines is 5. The third-order valence-corrected chi connectivity index (χ3v) is 17.9. The van der Waals surface area contributed by atoms with E-state index in [9.17, 15) is 0 Å². The molecule has 0 bridgehead atoms. The van der Waals surface area contributed by atoms with Gasteiger partial charge in [0, 0.05) is 79.7 Å². The summed E-state index contributed by atoms with van der Waals surface area (Å²) in [5.74, 6) is 0. The molecule has 1 aliphatic carbocycles. The summed E-state index contributed by atoms with van der Waals surface area (Å²) in [6.07, 6.45) is 2.35. The van der Waals surface area contributed by atoms with Gasteiger partial charge in [0.15, 0.2) is 0 Å². The van der Waals surface area contributed by atoms with Gasteiger partial charge in [-0.15, -0.1) is 22.7 Å². The topological polar surface area (TPSA) is 19.6 Å². The molecule has 66 heavy (non-hydrogen) atoms. The van der Waals surface area contributed by atoms with Crippen LogP contribution in [-0.2, 0) is 21.7 Å². The molecule has 7 aromatic carbocycles. The molecule has 0 saturated carbocycles. The van der Waals surface area contributed by atoms with Crippen LogP contribution in [0.25, 0.3) is 63.3 Å². The maximum absolute atomic E-state index is 7.18. The van der Waals surface area contributed by atoms with Crippen LogP contribution < -0.4 is 20.0 Å². The lowest BCUT2D eigenvalue weighted by Crippen LogP contribution is -2.60. The summed E-state index contributed by atoms with van der Waals surface area (Å²) in [5, 5.41) is 6.24. The maximum Gasteiger partial charge on any atom is 0.343 e. The fourth-order valence-electron chi connectivity index (χ4n) is 11.8. The van der Waals surface area contributed by atoms with Gasteiger partial charge in [0.25, 0.3) is 0 Å². The Balaban J connectivity index is 1.21. The van der Waals surface area contributed by atoms with Crippen LogP contribution in [0.4, 0.5) is 28.4 Å². The first-order valence-electron chi connectivity index (χ1n) is 23.8. The van der Waals surface area contributed by atoms with Crippen LogP contribution in [0.1, 0.15) is 104 Å². The van der Waals surface area contributed by atoms with Crippen molar-refractivity contribution in [3.8, 4) is 11.1 Å². The number of thiophene rings is 2. The van der Waals surface area contributed by atoms with Gasteiger partial charge in [-0.05, 0) is 129 Å². The molecule has 13 rings (SSSR count). The molecule has 2 aliphatic heterocycles. The van der Waals surface area contributed by atoms with Gasteiger partial charge < -0.3 is 14.1 Å². The largest absolute Gasteiger partial charge is 0.455 e. The molecule has 0 unspecified atom stereocenters. The number of furan rings is 1. The zero-order chi connectivity index (χ0) is 45.4. The highest BCUT2D eigenvalue weighted by Gasteiger charge is 2.49. The summed E-state index contributed by atoms with van der Waals surface area (Å²) in [7, 11) is 0. The van der Waals surface area contributed by atoms with Crippen LogP contribution in [0.5, 0.6) is 0 Å². The van der Waals surface area contributed by atoms with Crippen LogP contribution in [0.3, 0.4) is 0 Å². The second-order valence-corrected chi connectivity index (χ2v) is 25.0. The van der Waals surface area contributed by atoms with Crippen LogP contribution in [0, 0.1) is 0 Å². The number of rotatable bonds is 2. The Kier molecular flexibility index (Phi) is 8.23. The maximum atomic E-state index is 7.18. The molecule has 0 saturated heterocycles. The summed E-state index contributed by atoms with van der Waals surface area (Å²) < 4.78 is 12.5. The average Bonchev–Trinajstić information content (AvgIpc) is 3.97. The van der Waals surface area contributed by atoms with Gasteiger partial charge >= 0.3 is 6.85 Å². The third-order valence-electron chi connectivity index (χ3n) is 15.6. The Morgan fingerprint density at radius 2 is 1.15 bits per heavy atom. The summed E-state index contributed by atoms with van der Waals surface area (Å²) in [5.41, 5.74) is 17.6. The number of hydrogen-bond donors (Lipinski definition) is 0. The van der Waals surface area contributed by atoms with E-state index in [1.54, 1.807) is 0 Å². The van der Waals surface area contributed by atoms with E-state index in [4.69, 9.17) is 4.42 Å². The molecule has 0 amide bonds. The summed E-state index contributed by atoms with van der Waals surface area (Å²) >= 11 is 3.91. The van der Waals surface area contributed by atoms with E-state index in [2.05, 4.69) is 206 Å².